The molecule has 0 radical (unpaired) electrons. The normalized spacial score (nSPS) is 15.3. The van der Waals surface area contributed by atoms with Crippen LogP contribution in [0.4, 0.5) is 4.79 Å². The molecule has 0 spiro atoms. The third-order valence-electron chi connectivity index (χ3n) is 5.81. The zero-order valence-corrected chi connectivity index (χ0v) is 22.0. The van der Waals surface area contributed by atoms with E-state index < -0.39 is 48.1 Å². The number of carbonyl (C=O) groups is 4. The highest BCUT2D eigenvalue weighted by Crippen LogP contribution is 2.37. The molecule has 0 bridgehead atoms. The number of hydrogen-bond donors (Lipinski definition) is 3. The summed E-state index contributed by atoms with van der Waals surface area (Å²) in [6.45, 7) is 8.64. The molecule has 3 N–H and O–H groups in total. The van der Waals surface area contributed by atoms with Gasteiger partial charge >= 0.3 is 12.1 Å². The van der Waals surface area contributed by atoms with Gasteiger partial charge in [0.05, 0.1) is 7.11 Å². The first-order chi connectivity index (χ1) is 16.8. The number of alkyl carbamates (subject to hydrolysis) is 1. The Morgan fingerprint density at radius 1 is 1.14 bits per heavy atom. The van der Waals surface area contributed by atoms with Gasteiger partial charge in [0.25, 0.3) is 0 Å². The minimum atomic E-state index is -1.22. The molecule has 1 fully saturated rings. The summed E-state index contributed by atoms with van der Waals surface area (Å²) in [7, 11) is 1.21. The lowest BCUT2D eigenvalue weighted by atomic mass is 9.87. The molecule has 0 aromatic heterocycles. The Morgan fingerprint density at radius 2 is 1.78 bits per heavy atom. The Balaban J connectivity index is 2.48. The smallest absolute Gasteiger partial charge is 0.408 e. The number of esters is 1. The molecule has 10 nitrogen and oxygen atoms in total. The van der Waals surface area contributed by atoms with Gasteiger partial charge < -0.3 is 30.1 Å². The number of para-hydroxylation sites is 1. The zero-order valence-electron chi connectivity index (χ0n) is 22.0. The molecule has 1 saturated carbocycles. The van der Waals surface area contributed by atoms with E-state index in [0.717, 1.165) is 6.42 Å². The second kappa shape index (κ2) is 12.6. The van der Waals surface area contributed by atoms with E-state index in [-0.39, 0.29) is 23.3 Å². The van der Waals surface area contributed by atoms with Crippen LogP contribution in [0, 0.1) is 5.92 Å². The molecule has 200 valence electrons. The van der Waals surface area contributed by atoms with Crippen molar-refractivity contribution in [3.63, 3.8) is 0 Å². The van der Waals surface area contributed by atoms with Gasteiger partial charge in [0.1, 0.15) is 30.0 Å². The number of nitrogens with zero attached hydrogens (tertiary/aromatic N) is 1. The molecule has 10 heteroatoms. The Labute approximate surface area is 212 Å². The fourth-order valence-corrected chi connectivity index (χ4v) is 3.97. The summed E-state index contributed by atoms with van der Waals surface area (Å²) in [5.41, 5.74) is -0.532. The predicted octanol–water partition coefficient (Wildman–Crippen LogP) is 3.04. The average molecular weight is 506 g/mol. The topological polar surface area (TPSA) is 134 Å². The van der Waals surface area contributed by atoms with E-state index in [0.29, 0.717) is 19.3 Å². The minimum absolute atomic E-state index is 0.0499. The first-order valence-electron chi connectivity index (χ1n) is 12.3. The lowest BCUT2D eigenvalue weighted by Gasteiger charge is -2.43. The number of ether oxygens (including phenoxy) is 2. The highest BCUT2D eigenvalue weighted by molar-refractivity contribution is 5.93. The Kier molecular flexibility index (Phi) is 10.1. The van der Waals surface area contributed by atoms with Gasteiger partial charge in [0, 0.05) is 11.6 Å². The van der Waals surface area contributed by atoms with Crippen molar-refractivity contribution in [3.8, 4) is 5.75 Å². The molecule has 1 aliphatic rings. The summed E-state index contributed by atoms with van der Waals surface area (Å²) in [6.07, 6.45) is 1.80. The molecule has 2 atom stereocenters. The number of hydrogen-bond acceptors (Lipinski definition) is 7. The van der Waals surface area contributed by atoms with Crippen molar-refractivity contribution in [1.82, 2.24) is 15.5 Å². The number of rotatable bonds is 10. The van der Waals surface area contributed by atoms with E-state index in [1.54, 1.807) is 39.0 Å². The fraction of sp³-hybridized carbons (Fsp3) is 0.615. The van der Waals surface area contributed by atoms with Crippen LogP contribution in [-0.2, 0) is 23.9 Å². The number of nitrogens with one attached hydrogen (secondary N) is 2. The molecule has 1 aromatic rings. The van der Waals surface area contributed by atoms with Crippen LogP contribution in [0.3, 0.4) is 0 Å². The van der Waals surface area contributed by atoms with Crippen molar-refractivity contribution in [3.05, 3.63) is 29.8 Å². The Bertz CT molecular complexity index is 938. The number of phenols is 1. The van der Waals surface area contributed by atoms with Crippen LogP contribution in [0.1, 0.15) is 71.9 Å². The Morgan fingerprint density at radius 3 is 2.28 bits per heavy atom. The summed E-state index contributed by atoms with van der Waals surface area (Å²) in [5, 5.41) is 15.8. The molecule has 0 heterocycles. The van der Waals surface area contributed by atoms with E-state index >= 15 is 0 Å². The quantitative estimate of drug-likeness (QED) is 0.416. The minimum Gasteiger partial charge on any atom is -0.508 e. The third kappa shape index (κ3) is 8.13. The number of carbonyl (C=O) groups excluding carboxylic acids is 4. The maximum atomic E-state index is 14.0. The van der Waals surface area contributed by atoms with Crippen molar-refractivity contribution in [2.45, 2.75) is 84.0 Å². The molecule has 2 rings (SSSR count). The summed E-state index contributed by atoms with van der Waals surface area (Å²) in [4.78, 5) is 53.2. The molecular weight excluding hydrogens is 466 g/mol. The third-order valence-corrected chi connectivity index (χ3v) is 5.81. The molecule has 0 saturated heterocycles. The summed E-state index contributed by atoms with van der Waals surface area (Å²) in [5.74, 6) is -1.85. The van der Waals surface area contributed by atoms with Gasteiger partial charge in [-0.2, -0.15) is 0 Å². The first-order valence-corrected chi connectivity index (χ1v) is 12.3. The van der Waals surface area contributed by atoms with Crippen LogP contribution in [0.15, 0.2) is 24.3 Å². The standard InChI is InChI=1S/C26H39N3O7/c1-16(2)14-19(28-25(34)36-26(3,4)5)24(33)29(17-10-9-11-17)22(18-12-7-8-13-20(18)30)23(32)27-15-21(31)35-6/h7-8,12-13,16-17,19,22,30H,9-11,14-15H2,1-6H3,(H,27,32)(H,28,34). The highest BCUT2D eigenvalue weighted by atomic mass is 16.6. The molecular formula is C26H39N3O7. The maximum absolute atomic E-state index is 14.0. The van der Waals surface area contributed by atoms with Crippen LogP contribution in [0.5, 0.6) is 5.75 Å². The Hall–Kier alpha value is -3.30. The second-order valence-electron chi connectivity index (χ2n) is 10.4. The van der Waals surface area contributed by atoms with Gasteiger partial charge in [-0.15, -0.1) is 0 Å². The largest absolute Gasteiger partial charge is 0.508 e. The molecule has 0 aliphatic heterocycles. The van der Waals surface area contributed by atoms with Crippen LogP contribution >= 0.6 is 0 Å². The molecule has 36 heavy (non-hydrogen) atoms. The zero-order chi connectivity index (χ0) is 27.0. The van der Waals surface area contributed by atoms with E-state index in [1.807, 2.05) is 13.8 Å². The number of phenolic OH excluding ortho intramolecular Hbond substituents is 1. The van der Waals surface area contributed by atoms with Crippen molar-refractivity contribution < 1.29 is 33.8 Å². The summed E-state index contributed by atoms with van der Waals surface area (Å²) >= 11 is 0. The van der Waals surface area contributed by atoms with Crippen LogP contribution in [0.25, 0.3) is 0 Å². The van der Waals surface area contributed by atoms with Crippen LogP contribution in [-0.4, -0.2) is 65.2 Å². The first kappa shape index (κ1) is 28.9. The van der Waals surface area contributed by atoms with E-state index in [9.17, 15) is 24.3 Å². The van der Waals surface area contributed by atoms with Crippen molar-refractivity contribution in [2.75, 3.05) is 13.7 Å². The average Bonchev–Trinajstić information content (AvgIpc) is 2.74. The van der Waals surface area contributed by atoms with Gasteiger partial charge in [-0.25, -0.2) is 4.79 Å². The second-order valence-corrected chi connectivity index (χ2v) is 10.4. The van der Waals surface area contributed by atoms with Gasteiger partial charge in [-0.1, -0.05) is 32.0 Å². The molecule has 1 aromatic carbocycles. The molecule has 1 aliphatic carbocycles. The van der Waals surface area contributed by atoms with Gasteiger partial charge in [-0.05, 0) is 58.4 Å². The maximum Gasteiger partial charge on any atom is 0.408 e. The summed E-state index contributed by atoms with van der Waals surface area (Å²) < 4.78 is 10.00. The van der Waals surface area contributed by atoms with Gasteiger partial charge in [0.15, 0.2) is 0 Å². The molecule has 2 unspecified atom stereocenters. The number of amides is 3. The van der Waals surface area contributed by atoms with Gasteiger partial charge in [0.2, 0.25) is 11.8 Å². The van der Waals surface area contributed by atoms with Crippen LogP contribution in [0.2, 0.25) is 0 Å². The fourth-order valence-electron chi connectivity index (χ4n) is 3.97. The lowest BCUT2D eigenvalue weighted by Crippen LogP contribution is -2.58. The van der Waals surface area contributed by atoms with Crippen molar-refractivity contribution >= 4 is 23.9 Å². The van der Waals surface area contributed by atoms with Crippen molar-refractivity contribution in [2.24, 2.45) is 5.92 Å². The molecule has 3 amide bonds. The van der Waals surface area contributed by atoms with Gasteiger partial charge in [-0.3, -0.25) is 14.4 Å². The monoisotopic (exact) mass is 505 g/mol. The lowest BCUT2D eigenvalue weighted by molar-refractivity contribution is -0.148. The number of benzene rings is 1. The van der Waals surface area contributed by atoms with E-state index in [2.05, 4.69) is 15.4 Å². The van der Waals surface area contributed by atoms with Crippen LogP contribution < -0.4 is 10.6 Å². The van der Waals surface area contributed by atoms with E-state index in [4.69, 9.17) is 4.74 Å². The highest BCUT2D eigenvalue weighted by Gasteiger charge is 2.43. The predicted molar refractivity (Wildman–Crippen MR) is 133 cm³/mol. The van der Waals surface area contributed by atoms with E-state index in [1.165, 1.54) is 18.1 Å². The van der Waals surface area contributed by atoms with Crippen molar-refractivity contribution in [1.29, 1.82) is 0 Å². The number of aromatic hydroxyl groups is 1. The number of methoxy groups -OCH3 is 1. The summed E-state index contributed by atoms with van der Waals surface area (Å²) in [6, 6.07) is 3.82. The SMILES string of the molecule is COC(=O)CNC(=O)C(c1ccccc1O)N(C(=O)C(CC(C)C)NC(=O)OC(C)(C)C)C1CCC1.